The van der Waals surface area contributed by atoms with Crippen LogP contribution in [0, 0.1) is 5.92 Å². The topological polar surface area (TPSA) is 47.6 Å². The molecule has 1 N–H and O–H groups in total. The maximum atomic E-state index is 12.2. The molecular weight excluding hydrogens is 334 g/mol. The molecule has 0 aromatic heterocycles. The number of carbonyl (C=O) groups is 1. The summed E-state index contributed by atoms with van der Waals surface area (Å²) in [5.74, 6) is 1.13. The van der Waals surface area contributed by atoms with Crippen molar-refractivity contribution in [2.45, 2.75) is 36.3 Å². The van der Waals surface area contributed by atoms with Gasteiger partial charge in [0.2, 0.25) is 5.91 Å². The highest BCUT2D eigenvalue weighted by atomic mass is 35.5. The number of hydrogen-bond donors (Lipinski definition) is 1. The maximum Gasteiger partial charge on any atom is 0.230 e. The summed E-state index contributed by atoms with van der Waals surface area (Å²) in [5.41, 5.74) is 0. The number of thioether (sulfide) groups is 1. The Labute approximate surface area is 146 Å². The van der Waals surface area contributed by atoms with Crippen molar-refractivity contribution in [3.63, 3.8) is 0 Å². The molecule has 4 nitrogen and oxygen atoms in total. The van der Waals surface area contributed by atoms with Crippen LogP contribution in [0.4, 0.5) is 0 Å². The van der Waals surface area contributed by atoms with E-state index < -0.39 is 0 Å². The minimum atomic E-state index is -0.0409. The van der Waals surface area contributed by atoms with Crippen LogP contribution in [0.2, 0.25) is 5.02 Å². The highest BCUT2D eigenvalue weighted by molar-refractivity contribution is 8.00. The van der Waals surface area contributed by atoms with E-state index in [0.717, 1.165) is 23.8 Å². The van der Waals surface area contributed by atoms with Crippen molar-refractivity contribution >= 4 is 29.3 Å². The summed E-state index contributed by atoms with van der Waals surface area (Å²) in [6, 6.07) is 7.47. The summed E-state index contributed by atoms with van der Waals surface area (Å²) < 4.78 is 11.5. The van der Waals surface area contributed by atoms with Crippen molar-refractivity contribution < 1.29 is 14.3 Å². The summed E-state index contributed by atoms with van der Waals surface area (Å²) >= 11 is 7.36. The Morgan fingerprint density at radius 1 is 1.30 bits per heavy atom. The molecule has 1 aromatic carbocycles. The van der Waals surface area contributed by atoms with E-state index in [4.69, 9.17) is 21.1 Å². The van der Waals surface area contributed by atoms with Crippen LogP contribution in [0.15, 0.2) is 29.2 Å². The average molecular weight is 356 g/mol. The highest BCUT2D eigenvalue weighted by Gasteiger charge is 2.30. The highest BCUT2D eigenvalue weighted by Crippen LogP contribution is 2.30. The number of benzene rings is 1. The lowest BCUT2D eigenvalue weighted by molar-refractivity contribution is -0.123. The van der Waals surface area contributed by atoms with Gasteiger partial charge in [0.15, 0.2) is 0 Å². The first-order chi connectivity index (χ1) is 11.2. The molecule has 0 unspecified atom stereocenters. The van der Waals surface area contributed by atoms with E-state index >= 15 is 0 Å². The van der Waals surface area contributed by atoms with E-state index in [0.29, 0.717) is 24.0 Å². The van der Waals surface area contributed by atoms with Crippen LogP contribution in [0.5, 0.6) is 0 Å². The molecular formula is C17H22ClNO3S. The Morgan fingerprint density at radius 3 is 2.83 bits per heavy atom. The molecule has 3 rings (SSSR count). The predicted molar refractivity (Wildman–Crippen MR) is 92.0 cm³/mol. The molecule has 2 fully saturated rings. The van der Waals surface area contributed by atoms with Crippen molar-refractivity contribution in [2.24, 2.45) is 5.92 Å². The molecule has 1 amide bonds. The Morgan fingerprint density at radius 2 is 2.09 bits per heavy atom. The number of ether oxygens (including phenoxy) is 2. The molecule has 0 bridgehead atoms. The lowest BCUT2D eigenvalue weighted by Gasteiger charge is -2.32. The normalized spacial score (nSPS) is 24.4. The van der Waals surface area contributed by atoms with Gasteiger partial charge in [0.1, 0.15) is 0 Å². The Balaban J connectivity index is 1.43. The molecule has 0 radical (unpaired) electrons. The van der Waals surface area contributed by atoms with Gasteiger partial charge in [-0.25, -0.2) is 0 Å². The molecule has 23 heavy (non-hydrogen) atoms. The fourth-order valence-electron chi connectivity index (χ4n) is 2.52. The zero-order valence-electron chi connectivity index (χ0n) is 13.0. The van der Waals surface area contributed by atoms with Gasteiger partial charge in [-0.15, -0.1) is 11.8 Å². The van der Waals surface area contributed by atoms with E-state index in [1.807, 2.05) is 24.3 Å². The van der Waals surface area contributed by atoms with Crippen molar-refractivity contribution in [3.05, 3.63) is 29.3 Å². The van der Waals surface area contributed by atoms with Crippen LogP contribution >= 0.6 is 23.4 Å². The van der Waals surface area contributed by atoms with Gasteiger partial charge in [0, 0.05) is 23.1 Å². The fourth-order valence-corrected chi connectivity index (χ4v) is 3.36. The van der Waals surface area contributed by atoms with Crippen LogP contribution in [0.25, 0.3) is 0 Å². The molecule has 2 aliphatic rings. The number of nitrogens with one attached hydrogen (secondary N) is 1. The molecule has 1 heterocycles. The number of halogens is 1. The van der Waals surface area contributed by atoms with Gasteiger partial charge in [-0.1, -0.05) is 11.6 Å². The van der Waals surface area contributed by atoms with Gasteiger partial charge in [-0.05, 0) is 49.4 Å². The third-order valence-electron chi connectivity index (χ3n) is 4.07. The van der Waals surface area contributed by atoms with Gasteiger partial charge in [0.05, 0.1) is 24.5 Å². The zero-order chi connectivity index (χ0) is 16.1. The summed E-state index contributed by atoms with van der Waals surface area (Å²) in [4.78, 5) is 13.2. The van der Waals surface area contributed by atoms with Crippen LogP contribution in [0.1, 0.15) is 19.3 Å². The van der Waals surface area contributed by atoms with Crippen molar-refractivity contribution in [1.82, 2.24) is 5.32 Å². The molecule has 1 saturated heterocycles. The Bertz CT molecular complexity index is 521. The van der Waals surface area contributed by atoms with E-state index in [1.165, 1.54) is 24.6 Å². The van der Waals surface area contributed by atoms with Gasteiger partial charge in [-0.3, -0.25) is 4.79 Å². The van der Waals surface area contributed by atoms with Gasteiger partial charge < -0.3 is 14.8 Å². The van der Waals surface area contributed by atoms with E-state index in [2.05, 4.69) is 5.32 Å². The Kier molecular flexibility index (Phi) is 6.22. The fraction of sp³-hybridized carbons (Fsp3) is 0.588. The molecule has 6 heteroatoms. The molecule has 1 saturated carbocycles. The van der Waals surface area contributed by atoms with E-state index in [1.54, 1.807) is 0 Å². The minimum Gasteiger partial charge on any atom is -0.379 e. The second kappa shape index (κ2) is 8.38. The molecule has 1 aromatic rings. The molecule has 1 aliphatic heterocycles. The second-order valence-corrected chi connectivity index (χ2v) is 7.58. The summed E-state index contributed by atoms with van der Waals surface area (Å²) in [6.45, 7) is 2.06. The standard InChI is InChI=1S/C17H22ClNO3S/c18-13-3-5-14(6-4-13)23-11-17(20)19-15-10-21-8-7-16(15)22-9-12-1-2-12/h3-6,12,15-16H,1-2,7-11H2,(H,19,20)/t15-,16+/m1/s1. The quantitative estimate of drug-likeness (QED) is 0.763. The first kappa shape index (κ1) is 17.1. The minimum absolute atomic E-state index is 0.0143. The predicted octanol–water partition coefficient (Wildman–Crippen LogP) is 3.13. The molecule has 2 atom stereocenters. The van der Waals surface area contributed by atoms with Crippen LogP contribution in [-0.4, -0.2) is 43.6 Å². The molecule has 0 spiro atoms. The Hall–Kier alpha value is -0.750. The first-order valence-corrected chi connectivity index (χ1v) is 9.44. The van der Waals surface area contributed by atoms with Gasteiger partial charge in [0.25, 0.3) is 0 Å². The first-order valence-electron chi connectivity index (χ1n) is 8.08. The number of carbonyl (C=O) groups excluding carboxylic acids is 1. The lowest BCUT2D eigenvalue weighted by Crippen LogP contribution is -2.51. The van der Waals surface area contributed by atoms with Crippen molar-refractivity contribution in [3.8, 4) is 0 Å². The summed E-state index contributed by atoms with van der Waals surface area (Å²) in [6.07, 6.45) is 3.48. The van der Waals surface area contributed by atoms with Crippen LogP contribution in [-0.2, 0) is 14.3 Å². The van der Waals surface area contributed by atoms with E-state index in [9.17, 15) is 4.79 Å². The SMILES string of the molecule is O=C(CSc1ccc(Cl)cc1)N[C@@H]1COCC[C@@H]1OCC1CC1. The largest absolute Gasteiger partial charge is 0.379 e. The van der Waals surface area contributed by atoms with Crippen LogP contribution < -0.4 is 5.32 Å². The monoisotopic (exact) mass is 355 g/mol. The van der Waals surface area contributed by atoms with Crippen molar-refractivity contribution in [2.75, 3.05) is 25.6 Å². The summed E-state index contributed by atoms with van der Waals surface area (Å²) in [5, 5.41) is 3.76. The third-order valence-corrected chi connectivity index (χ3v) is 5.33. The van der Waals surface area contributed by atoms with Gasteiger partial charge in [-0.2, -0.15) is 0 Å². The third kappa shape index (κ3) is 5.68. The lowest BCUT2D eigenvalue weighted by atomic mass is 10.1. The number of rotatable bonds is 7. The second-order valence-electron chi connectivity index (χ2n) is 6.10. The number of hydrogen-bond acceptors (Lipinski definition) is 4. The van der Waals surface area contributed by atoms with Crippen LogP contribution in [0.3, 0.4) is 0 Å². The zero-order valence-corrected chi connectivity index (χ0v) is 14.6. The van der Waals surface area contributed by atoms with Crippen molar-refractivity contribution in [1.29, 1.82) is 0 Å². The molecule has 1 aliphatic carbocycles. The average Bonchev–Trinajstić information content (AvgIpc) is 3.38. The molecule has 126 valence electrons. The van der Waals surface area contributed by atoms with Gasteiger partial charge >= 0.3 is 0 Å². The maximum absolute atomic E-state index is 12.2. The van der Waals surface area contributed by atoms with E-state index in [-0.39, 0.29) is 18.1 Å². The smallest absolute Gasteiger partial charge is 0.230 e. The number of amides is 1. The summed E-state index contributed by atoms with van der Waals surface area (Å²) in [7, 11) is 0.